The van der Waals surface area contributed by atoms with Crippen molar-refractivity contribution in [2.45, 2.75) is 0 Å². The van der Waals surface area contributed by atoms with Gasteiger partial charge in [-0.25, -0.2) is 17.5 Å². The fourth-order valence-corrected chi connectivity index (χ4v) is 3.08. The van der Waals surface area contributed by atoms with Crippen LogP contribution < -0.4 is 14.9 Å². The molecule has 1 aliphatic heterocycles. The molecule has 1 aromatic carbocycles. The number of piperazine rings is 1. The van der Waals surface area contributed by atoms with Crippen LogP contribution in [0.5, 0.6) is 0 Å². The number of hydrogen-bond donors (Lipinski definition) is 2. The Hall–Kier alpha value is -1.14. The zero-order valence-corrected chi connectivity index (χ0v) is 17.6. The largest absolute Gasteiger partial charge is 0.366 e. The van der Waals surface area contributed by atoms with Crippen molar-refractivity contribution in [1.82, 2.24) is 14.9 Å². The van der Waals surface area contributed by atoms with E-state index in [0.717, 1.165) is 12.2 Å². The molecule has 1 heterocycles. The first kappa shape index (κ1) is 21.9. The van der Waals surface area contributed by atoms with Crippen molar-refractivity contribution in [2.75, 3.05) is 57.5 Å². The lowest BCUT2D eigenvalue weighted by molar-refractivity contribution is 0.371. The van der Waals surface area contributed by atoms with Gasteiger partial charge >= 0.3 is 0 Å². The summed E-state index contributed by atoms with van der Waals surface area (Å²) < 4.78 is 38.3. The van der Waals surface area contributed by atoms with Gasteiger partial charge < -0.3 is 15.1 Å². The normalized spacial score (nSPS) is 15.7. The number of para-hydroxylation sites is 1. The van der Waals surface area contributed by atoms with Crippen molar-refractivity contribution in [3.8, 4) is 0 Å². The molecule has 142 valence electrons. The van der Waals surface area contributed by atoms with E-state index >= 15 is 0 Å². The molecule has 0 atom stereocenters. The summed E-state index contributed by atoms with van der Waals surface area (Å²) in [6.45, 7) is 3.58. The van der Waals surface area contributed by atoms with E-state index in [1.807, 2.05) is 11.0 Å². The highest BCUT2D eigenvalue weighted by atomic mass is 127. The lowest BCUT2D eigenvalue weighted by Gasteiger charge is -2.37. The van der Waals surface area contributed by atoms with Crippen LogP contribution in [0.25, 0.3) is 0 Å². The predicted octanol–water partition coefficient (Wildman–Crippen LogP) is 0.690. The van der Waals surface area contributed by atoms with E-state index in [1.54, 1.807) is 19.2 Å². The number of nitrogens with one attached hydrogen (secondary N) is 2. The molecule has 1 aromatic rings. The Bertz CT molecular complexity index is 678. The minimum Gasteiger partial charge on any atom is -0.366 e. The number of rotatable bonds is 5. The molecule has 0 aliphatic carbocycles. The third-order valence-electron chi connectivity index (χ3n) is 3.76. The van der Waals surface area contributed by atoms with Crippen LogP contribution in [0.4, 0.5) is 10.1 Å². The molecule has 0 unspecified atom stereocenters. The molecule has 1 aliphatic rings. The molecule has 2 rings (SSSR count). The Labute approximate surface area is 165 Å². The van der Waals surface area contributed by atoms with Gasteiger partial charge in [0.2, 0.25) is 10.0 Å². The van der Waals surface area contributed by atoms with Crippen molar-refractivity contribution < 1.29 is 12.8 Å². The second kappa shape index (κ2) is 10.1. The zero-order chi connectivity index (χ0) is 17.6. The van der Waals surface area contributed by atoms with Gasteiger partial charge in [0.15, 0.2) is 5.96 Å². The first-order valence-electron chi connectivity index (χ1n) is 7.80. The second-order valence-electron chi connectivity index (χ2n) is 5.57. The summed E-state index contributed by atoms with van der Waals surface area (Å²) in [6, 6.07) is 6.78. The minimum atomic E-state index is -3.18. The lowest BCUT2D eigenvalue weighted by atomic mass is 10.2. The van der Waals surface area contributed by atoms with Crippen molar-refractivity contribution >= 4 is 45.6 Å². The van der Waals surface area contributed by atoms with E-state index in [1.165, 1.54) is 6.07 Å². The maximum Gasteiger partial charge on any atom is 0.208 e. The van der Waals surface area contributed by atoms with Gasteiger partial charge in [0.1, 0.15) is 5.82 Å². The van der Waals surface area contributed by atoms with E-state index in [2.05, 4.69) is 19.9 Å². The number of anilines is 1. The van der Waals surface area contributed by atoms with Crippen LogP contribution in [0.15, 0.2) is 29.3 Å². The topological polar surface area (TPSA) is 77.0 Å². The first-order chi connectivity index (χ1) is 11.4. The molecular weight excluding hydrogens is 460 g/mol. The van der Waals surface area contributed by atoms with Crippen molar-refractivity contribution in [3.63, 3.8) is 0 Å². The number of nitrogens with zero attached hydrogens (tertiary/aromatic N) is 3. The molecule has 7 nitrogen and oxygen atoms in total. The van der Waals surface area contributed by atoms with Gasteiger partial charge in [-0.05, 0) is 12.1 Å². The SMILES string of the molecule is CN=C(NCCNS(C)(=O)=O)N1CCN(c2ccccc2F)CC1.I. The summed E-state index contributed by atoms with van der Waals surface area (Å²) in [5.74, 6) is 0.513. The van der Waals surface area contributed by atoms with Gasteiger partial charge in [-0.3, -0.25) is 4.99 Å². The van der Waals surface area contributed by atoms with Crippen LogP contribution >= 0.6 is 24.0 Å². The van der Waals surface area contributed by atoms with Crippen LogP contribution in [0.3, 0.4) is 0 Å². The quantitative estimate of drug-likeness (QED) is 0.278. The van der Waals surface area contributed by atoms with E-state index in [0.29, 0.717) is 45.0 Å². The molecule has 10 heteroatoms. The van der Waals surface area contributed by atoms with Crippen molar-refractivity contribution in [3.05, 3.63) is 30.1 Å². The molecular formula is C15H25FIN5O2S. The van der Waals surface area contributed by atoms with Crippen LogP contribution in [-0.4, -0.2) is 71.8 Å². The number of aliphatic imine (C=N–C) groups is 1. The van der Waals surface area contributed by atoms with Gasteiger partial charge in [-0.2, -0.15) is 0 Å². The summed E-state index contributed by atoms with van der Waals surface area (Å²) in [5.41, 5.74) is 0.623. The third-order valence-corrected chi connectivity index (χ3v) is 4.49. The van der Waals surface area contributed by atoms with Crippen molar-refractivity contribution in [1.29, 1.82) is 0 Å². The highest BCUT2D eigenvalue weighted by molar-refractivity contribution is 14.0. The Morgan fingerprint density at radius 1 is 1.20 bits per heavy atom. The summed E-state index contributed by atoms with van der Waals surface area (Å²) in [4.78, 5) is 8.32. The molecule has 2 N–H and O–H groups in total. The van der Waals surface area contributed by atoms with Crippen LogP contribution in [0.2, 0.25) is 0 Å². The van der Waals surface area contributed by atoms with Crippen LogP contribution in [-0.2, 0) is 10.0 Å². The standard InChI is InChI=1S/C15H24FN5O2S.HI/c1-17-15(18-7-8-19-24(2,22)23)21-11-9-20(10-12-21)14-6-4-3-5-13(14)16;/h3-6,19H,7-12H2,1-2H3,(H,17,18);1H. The highest BCUT2D eigenvalue weighted by Gasteiger charge is 2.21. The van der Waals surface area contributed by atoms with Crippen LogP contribution in [0, 0.1) is 5.82 Å². The molecule has 1 fully saturated rings. The van der Waals surface area contributed by atoms with Gasteiger partial charge in [-0.1, -0.05) is 12.1 Å². The molecule has 0 saturated carbocycles. The third kappa shape index (κ3) is 6.94. The monoisotopic (exact) mass is 485 g/mol. The van der Waals surface area contributed by atoms with Gasteiger partial charge in [0.05, 0.1) is 11.9 Å². The number of benzene rings is 1. The number of sulfonamides is 1. The number of halogens is 2. The predicted molar refractivity (Wildman–Crippen MR) is 110 cm³/mol. The summed E-state index contributed by atoms with van der Waals surface area (Å²) in [6.07, 6.45) is 1.13. The lowest BCUT2D eigenvalue weighted by Crippen LogP contribution is -2.53. The van der Waals surface area contributed by atoms with E-state index < -0.39 is 10.0 Å². The smallest absolute Gasteiger partial charge is 0.208 e. The van der Waals surface area contributed by atoms with E-state index in [-0.39, 0.29) is 29.8 Å². The molecule has 1 saturated heterocycles. The fourth-order valence-electron chi connectivity index (χ4n) is 2.61. The average molecular weight is 485 g/mol. The zero-order valence-electron chi connectivity index (χ0n) is 14.4. The Balaban J connectivity index is 0.00000312. The fraction of sp³-hybridized carbons (Fsp3) is 0.533. The molecule has 0 spiro atoms. The number of hydrogen-bond acceptors (Lipinski definition) is 4. The molecule has 25 heavy (non-hydrogen) atoms. The summed E-state index contributed by atoms with van der Waals surface area (Å²) >= 11 is 0. The molecule has 0 radical (unpaired) electrons. The Morgan fingerprint density at radius 2 is 1.84 bits per heavy atom. The highest BCUT2D eigenvalue weighted by Crippen LogP contribution is 2.20. The van der Waals surface area contributed by atoms with E-state index in [4.69, 9.17) is 0 Å². The summed E-state index contributed by atoms with van der Waals surface area (Å²) in [7, 11) is -1.49. The molecule has 0 amide bonds. The maximum absolute atomic E-state index is 13.9. The maximum atomic E-state index is 13.9. The van der Waals surface area contributed by atoms with Gasteiger partial charge in [0, 0.05) is 46.3 Å². The summed E-state index contributed by atoms with van der Waals surface area (Å²) in [5, 5.41) is 3.13. The van der Waals surface area contributed by atoms with Gasteiger partial charge in [-0.15, -0.1) is 24.0 Å². The Kier molecular flexibility index (Phi) is 8.86. The number of guanidine groups is 1. The van der Waals surface area contributed by atoms with E-state index in [9.17, 15) is 12.8 Å². The first-order valence-corrected chi connectivity index (χ1v) is 9.69. The van der Waals surface area contributed by atoms with Crippen LogP contribution in [0.1, 0.15) is 0 Å². The van der Waals surface area contributed by atoms with Crippen molar-refractivity contribution in [2.24, 2.45) is 4.99 Å². The minimum absolute atomic E-state index is 0. The molecule has 0 bridgehead atoms. The molecule has 0 aromatic heterocycles. The average Bonchev–Trinajstić information content (AvgIpc) is 2.55. The van der Waals surface area contributed by atoms with Gasteiger partial charge in [0.25, 0.3) is 0 Å². The Morgan fingerprint density at radius 3 is 2.40 bits per heavy atom. The second-order valence-corrected chi connectivity index (χ2v) is 7.40.